The maximum atomic E-state index is 13.3. The zero-order chi connectivity index (χ0) is 82.4. The number of hydrogen-bond acceptors (Lipinski definition) is 19. The van der Waals surface area contributed by atoms with Gasteiger partial charge in [-0.3, -0.25) is 46.3 Å². The van der Waals surface area contributed by atoms with Crippen LogP contribution in [0.2, 0.25) is 0 Å². The van der Waals surface area contributed by atoms with Crippen molar-refractivity contribution in [3.8, 4) is 0 Å². The molecular formula is C89H172N4O17P2. The van der Waals surface area contributed by atoms with Gasteiger partial charge in [0.05, 0.1) is 84.7 Å². The molecule has 0 fully saturated rings. The molecular weight excluding hydrogens is 1460 g/mol. The Hall–Kier alpha value is -3.16. The number of carbonyl (C=O) groups is 4. The molecule has 0 spiro atoms. The fourth-order valence-electron chi connectivity index (χ4n) is 13.1. The van der Waals surface area contributed by atoms with E-state index in [0.29, 0.717) is 51.7 Å². The summed E-state index contributed by atoms with van der Waals surface area (Å²) < 4.78 is 83.2. The minimum atomic E-state index is -4.06. The Labute approximate surface area is 685 Å². The van der Waals surface area contributed by atoms with Gasteiger partial charge in [-0.2, -0.15) is 0 Å². The number of nitrogens with two attached hydrogens (primary N) is 1. The van der Waals surface area contributed by atoms with Crippen LogP contribution < -0.4 is 16.4 Å². The monoisotopic (exact) mass is 1630 g/mol. The molecule has 0 aromatic heterocycles. The third-order valence-corrected chi connectivity index (χ3v) is 22.7. The van der Waals surface area contributed by atoms with Gasteiger partial charge < -0.3 is 35.3 Å². The third kappa shape index (κ3) is 79.3. The zero-order valence-corrected chi connectivity index (χ0v) is 74.5. The second-order valence-corrected chi connectivity index (χ2v) is 34.0. The summed E-state index contributed by atoms with van der Waals surface area (Å²) in [5, 5.41) is 6.00. The summed E-state index contributed by atoms with van der Waals surface area (Å²) in [4.78, 5) is 65.5. The van der Waals surface area contributed by atoms with Crippen molar-refractivity contribution in [2.75, 3.05) is 79.2 Å². The summed E-state index contributed by atoms with van der Waals surface area (Å²) in [6.45, 7) is 20.9. The van der Waals surface area contributed by atoms with Crippen molar-refractivity contribution in [3.63, 3.8) is 0 Å². The Morgan fingerprint density at radius 2 is 0.634 bits per heavy atom. The van der Waals surface area contributed by atoms with Gasteiger partial charge in [-0.05, 0) is 51.4 Å². The van der Waals surface area contributed by atoms with Gasteiger partial charge in [-0.1, -0.05) is 336 Å². The number of phosphoric ester groups is 2. The number of amides is 2. The van der Waals surface area contributed by atoms with Crippen molar-refractivity contribution in [1.29, 1.82) is 0 Å². The zero-order valence-electron chi connectivity index (χ0n) is 72.7. The Bertz CT molecular complexity index is 2270. The lowest BCUT2D eigenvalue weighted by molar-refractivity contribution is -0.151. The highest BCUT2D eigenvalue weighted by Gasteiger charge is 2.31. The lowest BCUT2D eigenvalue weighted by Crippen LogP contribution is -2.41. The van der Waals surface area contributed by atoms with Gasteiger partial charge in [0, 0.05) is 45.1 Å². The van der Waals surface area contributed by atoms with Crippen LogP contribution in [0.1, 0.15) is 414 Å². The second-order valence-electron chi connectivity index (χ2n) is 30.7. The van der Waals surface area contributed by atoms with Crippen LogP contribution in [0.5, 0.6) is 0 Å². The molecule has 0 saturated heterocycles. The number of ether oxygens (including phenoxy) is 4. The molecule has 2 unspecified atom stereocenters. The van der Waals surface area contributed by atoms with Crippen molar-refractivity contribution >= 4 is 45.5 Å². The molecule has 0 rings (SSSR count). The minimum Gasteiger partial charge on any atom is -0.462 e. The fourth-order valence-corrected chi connectivity index (χ4v) is 15.4. The number of nitrogens with zero attached hydrogens (tertiary/aromatic N) is 1. The van der Waals surface area contributed by atoms with Gasteiger partial charge in [0.2, 0.25) is 17.9 Å². The molecule has 0 aromatic rings. The van der Waals surface area contributed by atoms with Crippen LogP contribution in [0.4, 0.5) is 0 Å². The van der Waals surface area contributed by atoms with Crippen molar-refractivity contribution in [3.05, 3.63) is 25.3 Å². The van der Waals surface area contributed by atoms with Crippen LogP contribution in [0.25, 0.3) is 0 Å². The molecule has 0 bridgehead atoms. The maximum absolute atomic E-state index is 13.3. The van der Waals surface area contributed by atoms with Crippen molar-refractivity contribution in [1.82, 2.24) is 10.6 Å². The van der Waals surface area contributed by atoms with Gasteiger partial charge in [0.1, 0.15) is 12.2 Å². The fraction of sp³-hybridized carbons (Fsp3) is 0.899. The molecule has 660 valence electrons. The maximum Gasteiger partial charge on any atom is 0.475 e. The molecule has 6 atom stereocenters. The summed E-state index contributed by atoms with van der Waals surface area (Å²) in [6.07, 6.45) is 67.6. The lowest BCUT2D eigenvalue weighted by atomic mass is 10.1. The molecule has 23 heteroatoms. The predicted molar refractivity (Wildman–Crippen MR) is 460 cm³/mol. The molecule has 0 radical (unpaired) electrons. The van der Waals surface area contributed by atoms with E-state index in [4.69, 9.17) is 51.8 Å². The number of rotatable bonds is 89. The quantitative estimate of drug-likeness (QED) is 0.0127. The van der Waals surface area contributed by atoms with E-state index in [9.17, 15) is 33.1 Å². The molecule has 2 amide bonds. The highest BCUT2D eigenvalue weighted by molar-refractivity contribution is 7.48. The standard InChI is InChI=1S/C45H85N2O9P.C44H87N2O8P/c1-5-9-12-15-17-19-20-22-23-26-29-32-44(49)47-42(40-55-57(51,53-36-8-4)54-38-35-46-41-48)39-52-37-34-43(31-28-25-14-11-7-3)56-45(50)33-30-27-24-21-18-16-13-10-6-2;1-5-9-12-15-17-19-20-22-23-26-29-32-43(47)46-41(40-53-55(49,51-36-8-4)52-38-35-45)39-50-37-34-42(31-28-25-14-11-7-3)54-44(48)33-30-27-24-21-18-16-13-10-6-2/h8,42-43H,4-7,9-40H2,1-3H3,(H,47,49);8,41-42H,4-7,9-40,45H2,1-3H3,(H,46,47)/t42-,43-,57?;41-,42-,55?/m11/s1. The summed E-state index contributed by atoms with van der Waals surface area (Å²) in [6, 6.07) is -1.21. The van der Waals surface area contributed by atoms with Crippen molar-refractivity contribution < 1.29 is 79.2 Å². The molecule has 0 aliphatic carbocycles. The number of unbranched alkanes of at least 4 members (excludes halogenated alkanes) is 44. The van der Waals surface area contributed by atoms with Gasteiger partial charge >= 0.3 is 27.6 Å². The highest BCUT2D eigenvalue weighted by atomic mass is 31.2. The first-order chi connectivity index (χ1) is 54.7. The van der Waals surface area contributed by atoms with Crippen molar-refractivity contribution in [2.24, 2.45) is 10.7 Å². The van der Waals surface area contributed by atoms with E-state index in [2.05, 4.69) is 70.3 Å². The molecule has 0 saturated carbocycles. The van der Waals surface area contributed by atoms with Crippen LogP contribution in [-0.4, -0.2) is 133 Å². The van der Waals surface area contributed by atoms with E-state index in [1.165, 1.54) is 243 Å². The van der Waals surface area contributed by atoms with Crippen LogP contribution in [0, 0.1) is 0 Å². The van der Waals surface area contributed by atoms with E-state index in [1.807, 2.05) is 0 Å². The van der Waals surface area contributed by atoms with E-state index in [-0.39, 0.29) is 102 Å². The normalized spacial score (nSPS) is 13.5. The Morgan fingerprint density at radius 3 is 0.920 bits per heavy atom. The van der Waals surface area contributed by atoms with Crippen LogP contribution in [-0.2, 0) is 79.2 Å². The summed E-state index contributed by atoms with van der Waals surface area (Å²) in [5.41, 5.74) is 5.56. The Morgan fingerprint density at radius 1 is 0.357 bits per heavy atom. The van der Waals surface area contributed by atoms with E-state index >= 15 is 0 Å². The van der Waals surface area contributed by atoms with Crippen LogP contribution in [0.15, 0.2) is 30.3 Å². The number of esters is 2. The number of carbonyl (C=O) groups excluding carboxylic acids is 5. The number of nitrogens with one attached hydrogen (secondary N) is 2. The first-order valence-corrected chi connectivity index (χ1v) is 48.8. The second kappa shape index (κ2) is 87.2. The molecule has 0 aliphatic rings. The summed E-state index contributed by atoms with van der Waals surface area (Å²) in [5.74, 6) is -0.517. The predicted octanol–water partition coefficient (Wildman–Crippen LogP) is 24.5. The molecule has 0 heterocycles. The van der Waals surface area contributed by atoms with E-state index in [0.717, 1.165) is 109 Å². The van der Waals surface area contributed by atoms with Gasteiger partial charge in [-0.15, -0.1) is 13.2 Å². The van der Waals surface area contributed by atoms with Gasteiger partial charge in [0.25, 0.3) is 0 Å². The molecule has 0 aromatic carbocycles. The topological polar surface area (TPSA) is 274 Å². The SMILES string of the molecule is C=CCOP(=O)(OCCN)OC[C@@H](COCC[C@@H](CCCCCCC)OC(=O)CCCCCCCCCCC)NC(=O)CCCCCCCCCCCCC.C=CCOP(=O)(OCCN=C=O)OC[C@@H](COCC[C@@H](CCCCCCC)OC(=O)CCCCCCCCCCC)NC(=O)CCCCCCCCCCCCC. The first kappa shape index (κ1) is 111. The summed E-state index contributed by atoms with van der Waals surface area (Å²) in [7, 11) is -7.99. The van der Waals surface area contributed by atoms with E-state index in [1.54, 1.807) is 0 Å². The van der Waals surface area contributed by atoms with Gasteiger partial charge in [0.15, 0.2) is 0 Å². The number of isocyanates is 1. The van der Waals surface area contributed by atoms with Crippen molar-refractivity contribution in [2.45, 2.75) is 438 Å². The number of phosphoric acid groups is 2. The Kier molecular flexibility index (Phi) is 86.3. The smallest absolute Gasteiger partial charge is 0.462 e. The summed E-state index contributed by atoms with van der Waals surface area (Å²) >= 11 is 0. The molecule has 0 aliphatic heterocycles. The largest absolute Gasteiger partial charge is 0.475 e. The highest BCUT2D eigenvalue weighted by Crippen LogP contribution is 2.50. The molecule has 112 heavy (non-hydrogen) atoms. The first-order valence-electron chi connectivity index (χ1n) is 45.8. The average Bonchev–Trinajstić information content (AvgIpc) is 0.891. The lowest BCUT2D eigenvalue weighted by Gasteiger charge is -2.23. The van der Waals surface area contributed by atoms with Crippen LogP contribution in [0.3, 0.4) is 0 Å². The number of hydrogen-bond donors (Lipinski definition) is 3. The molecule has 21 nitrogen and oxygen atoms in total. The van der Waals surface area contributed by atoms with Gasteiger partial charge in [-0.25, -0.2) is 18.9 Å². The van der Waals surface area contributed by atoms with Crippen LogP contribution >= 0.6 is 15.6 Å². The third-order valence-electron chi connectivity index (χ3n) is 19.8. The minimum absolute atomic E-state index is 0.00151. The molecule has 4 N–H and O–H groups in total. The number of aliphatic imine (C=N–C) groups is 1. The van der Waals surface area contributed by atoms with E-state index < -0.39 is 27.7 Å². The average molecular weight is 1630 g/mol. The Balaban J connectivity index is 0.